The standard InChI is InChI=1S/C17H23N/c1-2-3-9-14-18-17-13-8-7-12-16(17)15-10-5-4-6-11-15/h1,4-6,10-11,16-18H,3,7-9,12-14H2. The van der Waals surface area contributed by atoms with Gasteiger partial charge in [0.2, 0.25) is 0 Å². The molecule has 0 amide bonds. The molecule has 0 aliphatic heterocycles. The van der Waals surface area contributed by atoms with E-state index >= 15 is 0 Å². The smallest absolute Gasteiger partial charge is 0.0136 e. The summed E-state index contributed by atoms with van der Waals surface area (Å²) in [6.45, 7) is 1.05. The van der Waals surface area contributed by atoms with Crippen LogP contribution < -0.4 is 5.32 Å². The van der Waals surface area contributed by atoms with Crippen LogP contribution >= 0.6 is 0 Å². The quantitative estimate of drug-likeness (QED) is 0.612. The molecular weight excluding hydrogens is 218 g/mol. The maximum atomic E-state index is 5.29. The molecule has 0 saturated heterocycles. The second-order valence-electron chi connectivity index (χ2n) is 5.17. The summed E-state index contributed by atoms with van der Waals surface area (Å²) in [6.07, 6.45) is 12.6. The first kappa shape index (κ1) is 13.2. The van der Waals surface area contributed by atoms with Crippen LogP contribution in [0.3, 0.4) is 0 Å². The SMILES string of the molecule is C#CCCCNC1CCCCC1c1ccccc1. The third-order valence-corrected chi connectivity index (χ3v) is 3.90. The van der Waals surface area contributed by atoms with Crippen molar-refractivity contribution < 1.29 is 0 Å². The van der Waals surface area contributed by atoms with Gasteiger partial charge in [0.25, 0.3) is 0 Å². The molecule has 1 heteroatoms. The minimum Gasteiger partial charge on any atom is -0.313 e. The highest BCUT2D eigenvalue weighted by Crippen LogP contribution is 2.32. The molecule has 1 aromatic carbocycles. The third kappa shape index (κ3) is 3.62. The molecule has 18 heavy (non-hydrogen) atoms. The van der Waals surface area contributed by atoms with Crippen molar-refractivity contribution in [1.82, 2.24) is 5.32 Å². The summed E-state index contributed by atoms with van der Waals surface area (Å²) < 4.78 is 0. The number of terminal acetylenes is 1. The molecule has 1 fully saturated rings. The highest BCUT2D eigenvalue weighted by atomic mass is 14.9. The minimum atomic E-state index is 0.638. The molecule has 0 radical (unpaired) electrons. The van der Waals surface area contributed by atoms with Gasteiger partial charge >= 0.3 is 0 Å². The maximum absolute atomic E-state index is 5.29. The van der Waals surface area contributed by atoms with Crippen molar-refractivity contribution in [3.8, 4) is 12.3 Å². The Morgan fingerprint density at radius 2 is 1.94 bits per heavy atom. The van der Waals surface area contributed by atoms with Crippen LogP contribution in [0.15, 0.2) is 30.3 Å². The molecule has 1 saturated carbocycles. The molecule has 1 aliphatic carbocycles. The first-order valence-corrected chi connectivity index (χ1v) is 7.13. The van der Waals surface area contributed by atoms with Gasteiger partial charge in [-0.2, -0.15) is 0 Å². The van der Waals surface area contributed by atoms with Crippen molar-refractivity contribution in [2.75, 3.05) is 6.54 Å². The van der Waals surface area contributed by atoms with Gasteiger partial charge in [0.1, 0.15) is 0 Å². The van der Waals surface area contributed by atoms with Crippen LogP contribution in [0, 0.1) is 12.3 Å². The summed E-state index contributed by atoms with van der Waals surface area (Å²) in [6, 6.07) is 11.6. The van der Waals surface area contributed by atoms with Gasteiger partial charge in [0.15, 0.2) is 0 Å². The van der Waals surface area contributed by atoms with E-state index in [1.54, 1.807) is 0 Å². The molecule has 1 aliphatic rings. The summed E-state index contributed by atoms with van der Waals surface area (Å²) in [5.41, 5.74) is 1.49. The third-order valence-electron chi connectivity index (χ3n) is 3.90. The van der Waals surface area contributed by atoms with Gasteiger partial charge in [-0.25, -0.2) is 0 Å². The normalized spacial score (nSPS) is 23.5. The van der Waals surface area contributed by atoms with Crippen LogP contribution in [0.25, 0.3) is 0 Å². The molecule has 1 nitrogen and oxygen atoms in total. The molecule has 0 bridgehead atoms. The lowest BCUT2D eigenvalue weighted by Crippen LogP contribution is -2.37. The lowest BCUT2D eigenvalue weighted by Gasteiger charge is -2.32. The fourth-order valence-corrected chi connectivity index (χ4v) is 2.95. The fourth-order valence-electron chi connectivity index (χ4n) is 2.95. The predicted octanol–water partition coefficient (Wildman–Crippen LogP) is 3.72. The van der Waals surface area contributed by atoms with Gasteiger partial charge in [-0.05, 0) is 37.3 Å². The Bertz CT molecular complexity index is 376. The first-order valence-electron chi connectivity index (χ1n) is 7.13. The Labute approximate surface area is 111 Å². The zero-order valence-corrected chi connectivity index (χ0v) is 11.1. The van der Waals surface area contributed by atoms with Gasteiger partial charge in [0, 0.05) is 12.5 Å². The molecule has 0 spiro atoms. The number of hydrogen-bond donors (Lipinski definition) is 1. The van der Waals surface area contributed by atoms with Crippen molar-refractivity contribution in [2.24, 2.45) is 0 Å². The van der Waals surface area contributed by atoms with Crippen molar-refractivity contribution in [3.63, 3.8) is 0 Å². The maximum Gasteiger partial charge on any atom is 0.0136 e. The van der Waals surface area contributed by atoms with E-state index in [1.165, 1.54) is 31.2 Å². The number of rotatable bonds is 5. The first-order chi connectivity index (χ1) is 8.92. The number of unbranched alkanes of at least 4 members (excludes halogenated alkanes) is 1. The summed E-state index contributed by atoms with van der Waals surface area (Å²) in [5, 5.41) is 3.71. The summed E-state index contributed by atoms with van der Waals surface area (Å²) in [7, 11) is 0. The molecule has 0 heterocycles. The Kier molecular flexibility index (Phi) is 5.30. The van der Waals surface area contributed by atoms with Crippen LogP contribution in [0.1, 0.15) is 50.0 Å². The van der Waals surface area contributed by atoms with Gasteiger partial charge < -0.3 is 5.32 Å². The summed E-state index contributed by atoms with van der Waals surface area (Å²) >= 11 is 0. The van der Waals surface area contributed by atoms with Crippen LogP contribution in [-0.2, 0) is 0 Å². The van der Waals surface area contributed by atoms with E-state index < -0.39 is 0 Å². The lowest BCUT2D eigenvalue weighted by molar-refractivity contribution is 0.327. The van der Waals surface area contributed by atoms with Gasteiger partial charge in [-0.1, -0.05) is 43.2 Å². The highest BCUT2D eigenvalue weighted by molar-refractivity contribution is 5.21. The number of benzene rings is 1. The molecule has 0 aromatic heterocycles. The van der Waals surface area contributed by atoms with E-state index in [2.05, 4.69) is 41.6 Å². The highest BCUT2D eigenvalue weighted by Gasteiger charge is 2.25. The predicted molar refractivity (Wildman–Crippen MR) is 77.5 cm³/mol. The summed E-state index contributed by atoms with van der Waals surface area (Å²) in [5.74, 6) is 3.39. The van der Waals surface area contributed by atoms with Crippen molar-refractivity contribution >= 4 is 0 Å². The van der Waals surface area contributed by atoms with Gasteiger partial charge in [0.05, 0.1) is 0 Å². The van der Waals surface area contributed by atoms with Gasteiger partial charge in [-0.3, -0.25) is 0 Å². The summed E-state index contributed by atoms with van der Waals surface area (Å²) in [4.78, 5) is 0. The molecule has 2 rings (SSSR count). The van der Waals surface area contributed by atoms with E-state index in [0.717, 1.165) is 19.4 Å². The van der Waals surface area contributed by atoms with Gasteiger partial charge in [-0.15, -0.1) is 12.3 Å². The number of nitrogens with one attached hydrogen (secondary N) is 1. The average molecular weight is 241 g/mol. The molecule has 1 N–H and O–H groups in total. The topological polar surface area (TPSA) is 12.0 Å². The van der Waals surface area contributed by atoms with Crippen LogP contribution in [0.4, 0.5) is 0 Å². The largest absolute Gasteiger partial charge is 0.313 e. The zero-order valence-electron chi connectivity index (χ0n) is 11.1. The Morgan fingerprint density at radius 1 is 1.17 bits per heavy atom. The van der Waals surface area contributed by atoms with Crippen LogP contribution in [0.5, 0.6) is 0 Å². The molecule has 1 aromatic rings. The van der Waals surface area contributed by atoms with Crippen LogP contribution in [-0.4, -0.2) is 12.6 Å². The Morgan fingerprint density at radius 3 is 2.72 bits per heavy atom. The average Bonchev–Trinajstić information content (AvgIpc) is 2.45. The van der Waals surface area contributed by atoms with E-state index in [0.29, 0.717) is 12.0 Å². The molecular formula is C17H23N. The fraction of sp³-hybridized carbons (Fsp3) is 0.529. The molecule has 2 unspecified atom stereocenters. The van der Waals surface area contributed by atoms with Crippen molar-refractivity contribution in [1.29, 1.82) is 0 Å². The Balaban J connectivity index is 1.92. The molecule has 2 atom stereocenters. The van der Waals surface area contributed by atoms with Crippen molar-refractivity contribution in [2.45, 2.75) is 50.5 Å². The minimum absolute atomic E-state index is 0.638. The van der Waals surface area contributed by atoms with E-state index in [9.17, 15) is 0 Å². The molecule has 96 valence electrons. The van der Waals surface area contributed by atoms with Crippen molar-refractivity contribution in [3.05, 3.63) is 35.9 Å². The lowest BCUT2D eigenvalue weighted by atomic mass is 9.80. The van der Waals surface area contributed by atoms with E-state index in [1.807, 2.05) is 0 Å². The second-order valence-corrected chi connectivity index (χ2v) is 5.17. The zero-order chi connectivity index (χ0) is 12.6. The van der Waals surface area contributed by atoms with Crippen LogP contribution in [0.2, 0.25) is 0 Å². The Hall–Kier alpha value is -1.26. The second kappa shape index (κ2) is 7.24. The van der Waals surface area contributed by atoms with E-state index in [4.69, 9.17) is 6.42 Å². The monoisotopic (exact) mass is 241 g/mol. The number of hydrogen-bond acceptors (Lipinski definition) is 1. The van der Waals surface area contributed by atoms with E-state index in [-0.39, 0.29) is 0 Å².